The third-order valence-corrected chi connectivity index (χ3v) is 5.55. The van der Waals surface area contributed by atoms with Crippen LogP contribution in [0.3, 0.4) is 0 Å². The summed E-state index contributed by atoms with van der Waals surface area (Å²) in [7, 11) is 1.84. The molecule has 3 rings (SSSR count). The van der Waals surface area contributed by atoms with Crippen LogP contribution in [0.25, 0.3) is 0 Å². The van der Waals surface area contributed by atoms with Gasteiger partial charge in [-0.2, -0.15) is 0 Å². The van der Waals surface area contributed by atoms with E-state index in [4.69, 9.17) is 0 Å². The minimum absolute atomic E-state index is 0. The summed E-state index contributed by atoms with van der Waals surface area (Å²) in [6.45, 7) is 3.65. The molecule has 2 N–H and O–H groups in total. The van der Waals surface area contributed by atoms with E-state index in [0.29, 0.717) is 12.6 Å². The first-order chi connectivity index (χ1) is 11.3. The second-order valence-corrected chi connectivity index (χ2v) is 6.92. The summed E-state index contributed by atoms with van der Waals surface area (Å²) in [4.78, 5) is 4.38. The first kappa shape index (κ1) is 19.5. The van der Waals surface area contributed by atoms with E-state index in [1.54, 1.807) is 6.33 Å². The maximum atomic E-state index is 4.38. The SMILES string of the molecule is CCn1cnnc1CNC(=NC)NC1CCC2CCCCC2C1.I. The summed E-state index contributed by atoms with van der Waals surface area (Å²) in [6, 6.07) is 0.560. The average Bonchev–Trinajstić information content (AvgIpc) is 3.06. The highest BCUT2D eigenvalue weighted by molar-refractivity contribution is 14.0. The first-order valence-corrected chi connectivity index (χ1v) is 9.14. The number of guanidine groups is 1. The molecule has 0 spiro atoms. The number of halogens is 1. The van der Waals surface area contributed by atoms with Crippen LogP contribution in [0.5, 0.6) is 0 Å². The quantitative estimate of drug-likeness (QED) is 0.424. The lowest BCUT2D eigenvalue weighted by molar-refractivity contribution is 0.150. The molecule has 7 heteroatoms. The molecule has 2 aliphatic carbocycles. The molecule has 136 valence electrons. The van der Waals surface area contributed by atoms with Crippen molar-refractivity contribution in [2.75, 3.05) is 7.05 Å². The Morgan fingerprint density at radius 2 is 2.04 bits per heavy atom. The summed E-state index contributed by atoms with van der Waals surface area (Å²) in [5, 5.41) is 15.1. The lowest BCUT2D eigenvalue weighted by Crippen LogP contribution is -2.46. The van der Waals surface area contributed by atoms with Gasteiger partial charge in [-0.15, -0.1) is 34.2 Å². The number of aliphatic imine (C=N–C) groups is 1. The Bertz CT molecular complexity index is 529. The maximum absolute atomic E-state index is 4.38. The zero-order chi connectivity index (χ0) is 16.1. The molecular formula is C17H31IN6. The number of rotatable bonds is 4. The first-order valence-electron chi connectivity index (χ1n) is 9.14. The molecule has 0 saturated heterocycles. The van der Waals surface area contributed by atoms with Gasteiger partial charge in [-0.05, 0) is 38.0 Å². The van der Waals surface area contributed by atoms with Crippen molar-refractivity contribution in [3.63, 3.8) is 0 Å². The van der Waals surface area contributed by atoms with E-state index in [1.165, 1.54) is 44.9 Å². The molecule has 0 bridgehead atoms. The van der Waals surface area contributed by atoms with Crippen LogP contribution in [0.15, 0.2) is 11.3 Å². The number of hydrogen-bond donors (Lipinski definition) is 2. The Kier molecular flexibility index (Phi) is 7.77. The van der Waals surface area contributed by atoms with Crippen LogP contribution in [0.1, 0.15) is 57.7 Å². The Morgan fingerprint density at radius 3 is 2.79 bits per heavy atom. The van der Waals surface area contributed by atoms with Gasteiger partial charge in [0.2, 0.25) is 0 Å². The van der Waals surface area contributed by atoms with Crippen molar-refractivity contribution in [3.8, 4) is 0 Å². The molecule has 2 saturated carbocycles. The summed E-state index contributed by atoms with van der Waals surface area (Å²) in [5.41, 5.74) is 0. The van der Waals surface area contributed by atoms with Crippen molar-refractivity contribution in [1.29, 1.82) is 0 Å². The molecule has 0 radical (unpaired) electrons. The zero-order valence-electron chi connectivity index (χ0n) is 14.9. The molecule has 2 fully saturated rings. The van der Waals surface area contributed by atoms with Crippen molar-refractivity contribution in [2.24, 2.45) is 16.8 Å². The number of fused-ring (bicyclic) bond motifs is 1. The lowest BCUT2D eigenvalue weighted by atomic mass is 9.69. The Labute approximate surface area is 162 Å². The predicted molar refractivity (Wildman–Crippen MR) is 108 cm³/mol. The van der Waals surface area contributed by atoms with Gasteiger partial charge >= 0.3 is 0 Å². The fourth-order valence-electron chi connectivity index (χ4n) is 4.24. The minimum Gasteiger partial charge on any atom is -0.354 e. The Hall–Kier alpha value is -0.860. The van der Waals surface area contributed by atoms with E-state index in [1.807, 2.05) is 11.6 Å². The largest absolute Gasteiger partial charge is 0.354 e. The van der Waals surface area contributed by atoms with Gasteiger partial charge in [-0.25, -0.2) is 0 Å². The van der Waals surface area contributed by atoms with Gasteiger partial charge in [0.15, 0.2) is 11.8 Å². The van der Waals surface area contributed by atoms with Crippen molar-refractivity contribution < 1.29 is 0 Å². The number of nitrogens with one attached hydrogen (secondary N) is 2. The highest BCUT2D eigenvalue weighted by Gasteiger charge is 2.32. The molecule has 1 aromatic heterocycles. The molecule has 0 amide bonds. The van der Waals surface area contributed by atoms with Crippen molar-refractivity contribution in [2.45, 2.75) is 71.0 Å². The van der Waals surface area contributed by atoms with Crippen LogP contribution in [-0.4, -0.2) is 33.8 Å². The molecule has 0 aromatic carbocycles. The Balaban J connectivity index is 0.00000208. The fourth-order valence-corrected chi connectivity index (χ4v) is 4.24. The van der Waals surface area contributed by atoms with Gasteiger partial charge in [0.1, 0.15) is 6.33 Å². The predicted octanol–water partition coefficient (Wildman–Crippen LogP) is 2.94. The van der Waals surface area contributed by atoms with E-state index in [-0.39, 0.29) is 24.0 Å². The maximum Gasteiger partial charge on any atom is 0.191 e. The Morgan fingerprint density at radius 1 is 1.25 bits per heavy atom. The van der Waals surface area contributed by atoms with E-state index < -0.39 is 0 Å². The number of aryl methyl sites for hydroxylation is 1. The van der Waals surface area contributed by atoms with Gasteiger partial charge in [0, 0.05) is 19.6 Å². The van der Waals surface area contributed by atoms with Crippen molar-refractivity contribution in [1.82, 2.24) is 25.4 Å². The fraction of sp³-hybridized carbons (Fsp3) is 0.824. The number of hydrogen-bond acceptors (Lipinski definition) is 3. The van der Waals surface area contributed by atoms with Crippen LogP contribution >= 0.6 is 24.0 Å². The molecule has 3 atom stereocenters. The van der Waals surface area contributed by atoms with Gasteiger partial charge in [-0.1, -0.05) is 25.7 Å². The molecule has 3 unspecified atom stereocenters. The van der Waals surface area contributed by atoms with Crippen LogP contribution < -0.4 is 10.6 Å². The highest BCUT2D eigenvalue weighted by Crippen LogP contribution is 2.40. The monoisotopic (exact) mass is 446 g/mol. The smallest absolute Gasteiger partial charge is 0.191 e. The van der Waals surface area contributed by atoms with E-state index in [2.05, 4.69) is 32.7 Å². The van der Waals surface area contributed by atoms with Crippen molar-refractivity contribution >= 4 is 29.9 Å². The molecular weight excluding hydrogens is 415 g/mol. The third kappa shape index (κ3) is 4.83. The van der Waals surface area contributed by atoms with Gasteiger partial charge in [-0.3, -0.25) is 4.99 Å². The van der Waals surface area contributed by atoms with Gasteiger partial charge < -0.3 is 15.2 Å². The third-order valence-electron chi connectivity index (χ3n) is 5.55. The second kappa shape index (κ2) is 9.58. The van der Waals surface area contributed by atoms with Gasteiger partial charge in [0.25, 0.3) is 0 Å². The van der Waals surface area contributed by atoms with Gasteiger partial charge in [0.05, 0.1) is 6.54 Å². The number of aromatic nitrogens is 3. The van der Waals surface area contributed by atoms with Crippen LogP contribution in [0.2, 0.25) is 0 Å². The molecule has 24 heavy (non-hydrogen) atoms. The molecule has 0 aliphatic heterocycles. The van der Waals surface area contributed by atoms with Crippen LogP contribution in [0.4, 0.5) is 0 Å². The highest BCUT2D eigenvalue weighted by atomic mass is 127. The minimum atomic E-state index is 0. The summed E-state index contributed by atoms with van der Waals surface area (Å²) < 4.78 is 2.05. The molecule has 2 aliphatic rings. The topological polar surface area (TPSA) is 67.1 Å². The average molecular weight is 446 g/mol. The van der Waals surface area contributed by atoms with Crippen LogP contribution in [0, 0.1) is 11.8 Å². The van der Waals surface area contributed by atoms with Crippen molar-refractivity contribution in [3.05, 3.63) is 12.2 Å². The standard InChI is InChI=1S/C17H30N6.HI/c1-3-23-12-20-22-16(23)11-19-17(18-2)21-15-9-8-13-6-4-5-7-14(13)10-15;/h12-15H,3-11H2,1-2H3,(H2,18,19,21);1H. The van der Waals surface area contributed by atoms with E-state index in [0.717, 1.165) is 30.2 Å². The normalized spacial score (nSPS) is 27.1. The summed E-state index contributed by atoms with van der Waals surface area (Å²) in [6.07, 6.45) is 11.5. The zero-order valence-corrected chi connectivity index (χ0v) is 17.2. The molecule has 1 aromatic rings. The number of nitrogens with zero attached hydrogens (tertiary/aromatic N) is 4. The summed E-state index contributed by atoms with van der Waals surface area (Å²) in [5.74, 6) is 3.75. The molecule has 6 nitrogen and oxygen atoms in total. The lowest BCUT2D eigenvalue weighted by Gasteiger charge is -2.39. The van der Waals surface area contributed by atoms with E-state index in [9.17, 15) is 0 Å². The van der Waals surface area contributed by atoms with Crippen LogP contribution in [-0.2, 0) is 13.1 Å². The van der Waals surface area contributed by atoms with E-state index >= 15 is 0 Å². The second-order valence-electron chi connectivity index (χ2n) is 6.92. The molecule has 1 heterocycles. The summed E-state index contributed by atoms with van der Waals surface area (Å²) >= 11 is 0.